The second-order valence-corrected chi connectivity index (χ2v) is 4.61. The van der Waals surface area contributed by atoms with E-state index in [0.717, 1.165) is 31.7 Å². The summed E-state index contributed by atoms with van der Waals surface area (Å²) in [6, 6.07) is 8.50. The van der Waals surface area contributed by atoms with Gasteiger partial charge in [-0.2, -0.15) is 12.6 Å². The van der Waals surface area contributed by atoms with E-state index in [0.29, 0.717) is 5.75 Å². The Morgan fingerprint density at radius 2 is 1.76 bits per heavy atom. The first-order chi connectivity index (χ1) is 8.29. The van der Waals surface area contributed by atoms with E-state index in [1.54, 1.807) is 0 Å². The van der Waals surface area contributed by atoms with Gasteiger partial charge in [0.25, 0.3) is 0 Å². The lowest BCUT2D eigenvalue weighted by Gasteiger charge is -2.34. The van der Waals surface area contributed by atoms with Gasteiger partial charge in [-0.05, 0) is 31.3 Å². The molecule has 0 radical (unpaired) electrons. The first kappa shape index (κ1) is 12.3. The summed E-state index contributed by atoms with van der Waals surface area (Å²) >= 11 is 4.08. The number of piperazine rings is 1. The number of benzene rings is 1. The number of anilines is 1. The summed E-state index contributed by atoms with van der Waals surface area (Å²) in [5, 5.41) is 0. The fraction of sp³-hybridized carbons (Fsp3) is 0.429. The minimum Gasteiger partial charge on any atom is -0.369 e. The molecule has 0 aliphatic carbocycles. The van der Waals surface area contributed by atoms with Gasteiger partial charge in [-0.1, -0.05) is 11.8 Å². The Morgan fingerprint density at radius 1 is 1.12 bits per heavy atom. The smallest absolute Gasteiger partial charge is 0.0521 e. The molecule has 90 valence electrons. The van der Waals surface area contributed by atoms with Gasteiger partial charge in [0.15, 0.2) is 0 Å². The van der Waals surface area contributed by atoms with Crippen LogP contribution in [0.2, 0.25) is 0 Å². The summed E-state index contributed by atoms with van der Waals surface area (Å²) in [4.78, 5) is 4.79. The molecule has 1 aromatic carbocycles. The van der Waals surface area contributed by atoms with Crippen LogP contribution in [0, 0.1) is 11.8 Å². The predicted octanol–water partition coefficient (Wildman–Crippen LogP) is 1.72. The van der Waals surface area contributed by atoms with Crippen LogP contribution in [0.4, 0.5) is 5.69 Å². The van der Waals surface area contributed by atoms with Crippen molar-refractivity contribution in [1.82, 2.24) is 4.90 Å². The Labute approximate surface area is 109 Å². The van der Waals surface area contributed by atoms with Crippen LogP contribution in [0.15, 0.2) is 24.3 Å². The van der Waals surface area contributed by atoms with Gasteiger partial charge in [0.1, 0.15) is 0 Å². The van der Waals surface area contributed by atoms with Crippen LogP contribution in [0.3, 0.4) is 0 Å². The average molecular weight is 246 g/mol. The maximum Gasteiger partial charge on any atom is 0.0521 e. The summed E-state index contributed by atoms with van der Waals surface area (Å²) in [6.45, 7) is 4.50. The van der Waals surface area contributed by atoms with Crippen molar-refractivity contribution in [3.63, 3.8) is 0 Å². The van der Waals surface area contributed by atoms with Crippen LogP contribution in [0.25, 0.3) is 0 Å². The Balaban J connectivity index is 2.02. The van der Waals surface area contributed by atoms with Crippen LogP contribution in [-0.2, 0) is 0 Å². The second-order valence-electron chi connectivity index (χ2n) is 4.30. The van der Waals surface area contributed by atoms with Crippen molar-refractivity contribution in [3.8, 4) is 11.8 Å². The number of likely N-dealkylation sites (N-methyl/N-ethyl adjacent to an activating group) is 1. The molecule has 1 saturated heterocycles. The minimum atomic E-state index is 0.611. The fourth-order valence-electron chi connectivity index (χ4n) is 1.96. The monoisotopic (exact) mass is 246 g/mol. The van der Waals surface area contributed by atoms with Gasteiger partial charge in [0, 0.05) is 37.4 Å². The number of hydrogen-bond donors (Lipinski definition) is 1. The van der Waals surface area contributed by atoms with Crippen molar-refractivity contribution in [3.05, 3.63) is 29.8 Å². The van der Waals surface area contributed by atoms with Crippen molar-refractivity contribution in [2.45, 2.75) is 0 Å². The molecule has 2 nitrogen and oxygen atoms in total. The summed E-state index contributed by atoms with van der Waals surface area (Å²) in [5.41, 5.74) is 2.37. The zero-order chi connectivity index (χ0) is 12.1. The lowest BCUT2D eigenvalue weighted by molar-refractivity contribution is 0.313. The van der Waals surface area contributed by atoms with Crippen LogP contribution < -0.4 is 4.90 Å². The molecule has 2 rings (SSSR count). The maximum absolute atomic E-state index is 4.08. The Kier molecular flexibility index (Phi) is 4.36. The highest BCUT2D eigenvalue weighted by atomic mass is 32.1. The van der Waals surface area contributed by atoms with E-state index in [-0.39, 0.29) is 0 Å². The van der Waals surface area contributed by atoms with Crippen LogP contribution in [0.5, 0.6) is 0 Å². The van der Waals surface area contributed by atoms with Crippen molar-refractivity contribution in [1.29, 1.82) is 0 Å². The molecule has 0 amide bonds. The lowest BCUT2D eigenvalue weighted by atomic mass is 10.2. The Hall–Kier alpha value is -1.11. The summed E-state index contributed by atoms with van der Waals surface area (Å²) in [5.74, 6) is 6.65. The number of thiol groups is 1. The third-order valence-corrected chi connectivity index (χ3v) is 3.21. The van der Waals surface area contributed by atoms with E-state index in [2.05, 4.69) is 65.6 Å². The first-order valence-corrected chi connectivity index (χ1v) is 6.56. The minimum absolute atomic E-state index is 0.611. The molecule has 1 aliphatic heterocycles. The van der Waals surface area contributed by atoms with Crippen molar-refractivity contribution in [2.75, 3.05) is 43.9 Å². The van der Waals surface area contributed by atoms with E-state index >= 15 is 0 Å². The summed E-state index contributed by atoms with van der Waals surface area (Å²) < 4.78 is 0. The third-order valence-electron chi connectivity index (χ3n) is 3.05. The molecule has 0 aromatic heterocycles. The normalized spacial score (nSPS) is 16.5. The van der Waals surface area contributed by atoms with E-state index in [1.165, 1.54) is 5.69 Å². The van der Waals surface area contributed by atoms with E-state index in [4.69, 9.17) is 0 Å². The zero-order valence-corrected chi connectivity index (χ0v) is 11.1. The van der Waals surface area contributed by atoms with Gasteiger partial charge >= 0.3 is 0 Å². The molecule has 0 N–H and O–H groups in total. The van der Waals surface area contributed by atoms with Gasteiger partial charge in [0.2, 0.25) is 0 Å². The van der Waals surface area contributed by atoms with Crippen LogP contribution in [-0.4, -0.2) is 43.9 Å². The summed E-state index contributed by atoms with van der Waals surface area (Å²) in [7, 11) is 2.17. The maximum atomic E-state index is 4.08. The average Bonchev–Trinajstić information content (AvgIpc) is 2.38. The molecule has 1 aromatic rings. The molecule has 1 fully saturated rings. The van der Waals surface area contributed by atoms with Gasteiger partial charge < -0.3 is 9.80 Å². The Bertz CT molecular complexity index is 408. The highest BCUT2D eigenvalue weighted by molar-refractivity contribution is 7.80. The molecule has 0 bridgehead atoms. The quantitative estimate of drug-likeness (QED) is 0.595. The van der Waals surface area contributed by atoms with Gasteiger partial charge in [-0.15, -0.1) is 0 Å². The predicted molar refractivity (Wildman–Crippen MR) is 76.9 cm³/mol. The van der Waals surface area contributed by atoms with Crippen LogP contribution in [0.1, 0.15) is 5.56 Å². The lowest BCUT2D eigenvalue weighted by Crippen LogP contribution is -2.44. The third kappa shape index (κ3) is 3.42. The molecule has 3 heteroatoms. The largest absolute Gasteiger partial charge is 0.369 e. The second kappa shape index (κ2) is 6.00. The molecule has 0 saturated carbocycles. The highest BCUT2D eigenvalue weighted by Gasteiger charge is 2.13. The number of nitrogens with zero attached hydrogens (tertiary/aromatic N) is 2. The molecule has 17 heavy (non-hydrogen) atoms. The molecule has 0 spiro atoms. The van der Waals surface area contributed by atoms with Gasteiger partial charge in [0.05, 0.1) is 5.75 Å². The van der Waals surface area contributed by atoms with Gasteiger partial charge in [-0.25, -0.2) is 0 Å². The van der Waals surface area contributed by atoms with Crippen LogP contribution >= 0.6 is 12.6 Å². The van der Waals surface area contributed by atoms with E-state index in [1.807, 2.05) is 0 Å². The molecule has 1 heterocycles. The Morgan fingerprint density at radius 3 is 2.35 bits per heavy atom. The molecular weight excluding hydrogens is 228 g/mol. The standard InChI is InChI=1S/C14H18N2S/c1-15-8-10-16(11-9-15)14-6-4-13(5-7-14)3-2-12-17/h4-7,17H,8-12H2,1H3. The number of rotatable bonds is 1. The molecular formula is C14H18N2S. The topological polar surface area (TPSA) is 6.48 Å². The molecule has 0 unspecified atom stereocenters. The van der Waals surface area contributed by atoms with Crippen molar-refractivity contribution >= 4 is 18.3 Å². The van der Waals surface area contributed by atoms with E-state index < -0.39 is 0 Å². The fourth-order valence-corrected chi connectivity index (χ4v) is 2.04. The van der Waals surface area contributed by atoms with Crippen molar-refractivity contribution in [2.24, 2.45) is 0 Å². The first-order valence-electron chi connectivity index (χ1n) is 5.93. The molecule has 0 atom stereocenters. The highest BCUT2D eigenvalue weighted by Crippen LogP contribution is 2.16. The SMILES string of the molecule is CN1CCN(c2ccc(C#CCS)cc2)CC1. The van der Waals surface area contributed by atoms with Crippen molar-refractivity contribution < 1.29 is 0 Å². The number of hydrogen-bond acceptors (Lipinski definition) is 3. The summed E-state index contributed by atoms with van der Waals surface area (Å²) in [6.07, 6.45) is 0. The molecule has 1 aliphatic rings. The van der Waals surface area contributed by atoms with Gasteiger partial charge in [-0.3, -0.25) is 0 Å². The zero-order valence-electron chi connectivity index (χ0n) is 10.2. The van der Waals surface area contributed by atoms with E-state index in [9.17, 15) is 0 Å².